The SMILES string of the molecule is Cc1cc(F)ccc1S(=O)(=O)N1CCN(c2ccc(N3CCCCCC3)nn2)CC1. The van der Waals surface area contributed by atoms with Crippen LogP contribution >= 0.6 is 0 Å². The fourth-order valence-electron chi connectivity index (χ4n) is 4.15. The van der Waals surface area contributed by atoms with Crippen LogP contribution < -0.4 is 9.80 Å². The van der Waals surface area contributed by atoms with Crippen molar-refractivity contribution in [2.24, 2.45) is 0 Å². The number of piperazine rings is 1. The molecule has 2 aromatic rings. The molecule has 0 amide bonds. The van der Waals surface area contributed by atoms with Crippen molar-refractivity contribution in [3.63, 3.8) is 0 Å². The Kier molecular flexibility index (Phi) is 6.19. The van der Waals surface area contributed by atoms with E-state index in [0.717, 1.165) is 24.7 Å². The number of halogens is 1. The van der Waals surface area contributed by atoms with Gasteiger partial charge in [0, 0.05) is 39.3 Å². The molecule has 0 aliphatic carbocycles. The molecular weight excluding hydrogens is 405 g/mol. The highest BCUT2D eigenvalue weighted by Gasteiger charge is 2.30. The second-order valence-electron chi connectivity index (χ2n) is 7.95. The maximum absolute atomic E-state index is 13.4. The largest absolute Gasteiger partial charge is 0.355 e. The number of aryl methyl sites for hydroxylation is 1. The predicted octanol–water partition coefficient (Wildman–Crippen LogP) is 2.82. The summed E-state index contributed by atoms with van der Waals surface area (Å²) in [5.41, 5.74) is 0.424. The lowest BCUT2D eigenvalue weighted by Gasteiger charge is -2.34. The molecule has 2 saturated heterocycles. The summed E-state index contributed by atoms with van der Waals surface area (Å²) in [6.07, 6.45) is 4.92. The Bertz CT molecular complexity index is 967. The molecule has 1 aromatic heterocycles. The van der Waals surface area contributed by atoms with Crippen LogP contribution in [0.4, 0.5) is 16.0 Å². The van der Waals surface area contributed by atoms with E-state index in [2.05, 4.69) is 20.0 Å². The molecule has 0 atom stereocenters. The Morgan fingerprint density at radius 3 is 1.90 bits per heavy atom. The average molecular weight is 434 g/mol. The van der Waals surface area contributed by atoms with Gasteiger partial charge >= 0.3 is 0 Å². The normalized spacial score (nSPS) is 19.0. The molecule has 2 aliphatic heterocycles. The van der Waals surface area contributed by atoms with Crippen molar-refractivity contribution in [3.8, 4) is 0 Å². The fourth-order valence-corrected chi connectivity index (χ4v) is 5.78. The van der Waals surface area contributed by atoms with Gasteiger partial charge in [-0.1, -0.05) is 12.8 Å². The molecule has 0 N–H and O–H groups in total. The maximum atomic E-state index is 13.4. The second-order valence-corrected chi connectivity index (χ2v) is 9.86. The van der Waals surface area contributed by atoms with Crippen LogP contribution in [-0.2, 0) is 10.0 Å². The van der Waals surface area contributed by atoms with Crippen LogP contribution in [0.3, 0.4) is 0 Å². The third-order valence-corrected chi connectivity index (χ3v) is 7.94. The summed E-state index contributed by atoms with van der Waals surface area (Å²) in [7, 11) is -3.64. The van der Waals surface area contributed by atoms with Crippen molar-refractivity contribution in [1.82, 2.24) is 14.5 Å². The van der Waals surface area contributed by atoms with E-state index < -0.39 is 15.8 Å². The average Bonchev–Trinajstić information content (AvgIpc) is 3.03. The summed E-state index contributed by atoms with van der Waals surface area (Å²) < 4.78 is 40.7. The van der Waals surface area contributed by atoms with Crippen molar-refractivity contribution >= 4 is 21.7 Å². The number of sulfonamides is 1. The highest BCUT2D eigenvalue weighted by Crippen LogP contribution is 2.24. The number of rotatable bonds is 4. The lowest BCUT2D eigenvalue weighted by atomic mass is 10.2. The highest BCUT2D eigenvalue weighted by molar-refractivity contribution is 7.89. The first-order valence-corrected chi connectivity index (χ1v) is 12.0. The smallest absolute Gasteiger partial charge is 0.243 e. The molecule has 0 spiro atoms. The second kappa shape index (κ2) is 8.85. The minimum absolute atomic E-state index is 0.166. The predicted molar refractivity (Wildman–Crippen MR) is 115 cm³/mol. The number of hydrogen-bond acceptors (Lipinski definition) is 6. The van der Waals surface area contributed by atoms with Gasteiger partial charge in [0.25, 0.3) is 0 Å². The van der Waals surface area contributed by atoms with E-state index in [-0.39, 0.29) is 4.90 Å². The summed E-state index contributed by atoms with van der Waals surface area (Å²) in [5, 5.41) is 8.82. The maximum Gasteiger partial charge on any atom is 0.243 e. The summed E-state index contributed by atoms with van der Waals surface area (Å²) in [4.78, 5) is 4.51. The third-order valence-electron chi connectivity index (χ3n) is 5.88. The van der Waals surface area contributed by atoms with Crippen molar-refractivity contribution in [3.05, 3.63) is 41.7 Å². The molecule has 0 radical (unpaired) electrons. The first-order valence-electron chi connectivity index (χ1n) is 10.5. The number of anilines is 2. The third kappa shape index (κ3) is 4.41. The molecule has 162 valence electrons. The Labute approximate surface area is 177 Å². The zero-order valence-corrected chi connectivity index (χ0v) is 18.1. The van der Waals surface area contributed by atoms with Gasteiger partial charge in [0.15, 0.2) is 11.6 Å². The van der Waals surface area contributed by atoms with Gasteiger partial charge in [-0.15, -0.1) is 10.2 Å². The van der Waals surface area contributed by atoms with E-state index in [1.807, 2.05) is 12.1 Å². The van der Waals surface area contributed by atoms with E-state index in [9.17, 15) is 12.8 Å². The molecule has 7 nitrogen and oxygen atoms in total. The van der Waals surface area contributed by atoms with Gasteiger partial charge in [-0.2, -0.15) is 4.31 Å². The van der Waals surface area contributed by atoms with Gasteiger partial charge in [-0.3, -0.25) is 0 Å². The first-order chi connectivity index (χ1) is 14.4. The molecule has 30 heavy (non-hydrogen) atoms. The standard InChI is InChI=1S/C21H28FN5O2S/c1-17-16-18(22)6-7-19(17)30(28,29)27-14-12-26(13-15-27)21-9-8-20(23-24-21)25-10-4-2-3-5-11-25/h6-9,16H,2-5,10-15H2,1H3. The van der Waals surface area contributed by atoms with Crippen LogP contribution in [0.2, 0.25) is 0 Å². The molecule has 9 heteroatoms. The minimum Gasteiger partial charge on any atom is -0.355 e. The van der Waals surface area contributed by atoms with Gasteiger partial charge in [0.2, 0.25) is 10.0 Å². The summed E-state index contributed by atoms with van der Waals surface area (Å²) in [6.45, 7) is 5.45. The summed E-state index contributed by atoms with van der Waals surface area (Å²) >= 11 is 0. The monoisotopic (exact) mass is 433 g/mol. The number of hydrogen-bond donors (Lipinski definition) is 0. The molecule has 0 unspecified atom stereocenters. The van der Waals surface area contributed by atoms with Gasteiger partial charge in [0.1, 0.15) is 5.82 Å². The molecule has 0 saturated carbocycles. The van der Waals surface area contributed by atoms with Crippen LogP contribution in [0.15, 0.2) is 35.2 Å². The molecule has 3 heterocycles. The van der Waals surface area contributed by atoms with Crippen LogP contribution in [0.5, 0.6) is 0 Å². The van der Waals surface area contributed by atoms with Crippen molar-refractivity contribution in [2.45, 2.75) is 37.5 Å². The molecule has 4 rings (SSSR count). The fraction of sp³-hybridized carbons (Fsp3) is 0.524. The van der Waals surface area contributed by atoms with Crippen molar-refractivity contribution < 1.29 is 12.8 Å². The number of benzene rings is 1. The van der Waals surface area contributed by atoms with Crippen LogP contribution in [0.25, 0.3) is 0 Å². The molecule has 1 aromatic carbocycles. The van der Waals surface area contributed by atoms with Crippen LogP contribution in [0, 0.1) is 12.7 Å². The number of aromatic nitrogens is 2. The van der Waals surface area contributed by atoms with Gasteiger partial charge in [0.05, 0.1) is 4.90 Å². The minimum atomic E-state index is -3.64. The zero-order valence-electron chi connectivity index (χ0n) is 17.3. The lowest BCUT2D eigenvalue weighted by molar-refractivity contribution is 0.383. The Morgan fingerprint density at radius 1 is 0.800 bits per heavy atom. The van der Waals surface area contributed by atoms with E-state index in [1.165, 1.54) is 48.2 Å². The summed E-state index contributed by atoms with van der Waals surface area (Å²) in [5.74, 6) is 1.25. The molecule has 0 bridgehead atoms. The zero-order chi connectivity index (χ0) is 21.1. The highest BCUT2D eigenvalue weighted by atomic mass is 32.2. The van der Waals surface area contributed by atoms with Crippen molar-refractivity contribution in [1.29, 1.82) is 0 Å². The Morgan fingerprint density at radius 2 is 1.37 bits per heavy atom. The van der Waals surface area contributed by atoms with Gasteiger partial charge in [-0.05, 0) is 55.7 Å². The van der Waals surface area contributed by atoms with Gasteiger partial charge in [-0.25, -0.2) is 12.8 Å². The summed E-state index contributed by atoms with van der Waals surface area (Å²) in [6, 6.07) is 7.78. The Balaban J connectivity index is 1.40. The lowest BCUT2D eigenvalue weighted by Crippen LogP contribution is -2.49. The van der Waals surface area contributed by atoms with Crippen LogP contribution in [-0.4, -0.2) is 62.2 Å². The first kappa shape index (κ1) is 21.0. The van der Waals surface area contributed by atoms with E-state index in [1.54, 1.807) is 6.92 Å². The topological polar surface area (TPSA) is 69.6 Å². The number of nitrogens with zero attached hydrogens (tertiary/aromatic N) is 5. The van der Waals surface area contributed by atoms with Gasteiger partial charge < -0.3 is 9.80 Å². The van der Waals surface area contributed by atoms with E-state index in [0.29, 0.717) is 31.7 Å². The molecule has 2 fully saturated rings. The molecular formula is C21H28FN5O2S. The Hall–Kier alpha value is -2.26. The van der Waals surface area contributed by atoms with Crippen LogP contribution in [0.1, 0.15) is 31.2 Å². The van der Waals surface area contributed by atoms with E-state index in [4.69, 9.17) is 0 Å². The molecule has 2 aliphatic rings. The quantitative estimate of drug-likeness (QED) is 0.739. The van der Waals surface area contributed by atoms with Crippen molar-refractivity contribution in [2.75, 3.05) is 49.1 Å². The van der Waals surface area contributed by atoms with E-state index >= 15 is 0 Å².